The third-order valence-electron chi connectivity index (χ3n) is 13.1. The van der Waals surface area contributed by atoms with Crippen LogP contribution in [0, 0.1) is 32.4 Å². The molecule has 0 aliphatic carbocycles. The highest BCUT2D eigenvalue weighted by Crippen LogP contribution is 2.19. The summed E-state index contributed by atoms with van der Waals surface area (Å²) in [6.07, 6.45) is 30.3. The van der Waals surface area contributed by atoms with Crippen LogP contribution in [0.15, 0.2) is 209 Å². The minimum Gasteiger partial charge on any atom is -0.262 e. The Balaban J connectivity index is 0.000000103. The molecule has 0 aliphatic rings. The Morgan fingerprint density at radius 3 is 1.24 bits per heavy atom. The first-order valence-corrected chi connectivity index (χ1v) is 28.1. The van der Waals surface area contributed by atoms with Crippen LogP contribution in [-0.2, 0) is 0 Å². The molecule has 0 aromatic carbocycles. The Morgan fingerprint density at radius 2 is 0.716 bits per heavy atom. The summed E-state index contributed by atoms with van der Waals surface area (Å²) in [6, 6.07) is 27.0. The Hall–Kier alpha value is -14.2. The normalized spacial score (nSPS) is 10.8. The molecule has 0 N–H and O–H groups in total. The van der Waals surface area contributed by atoms with E-state index in [2.05, 4.69) is 137 Å². The van der Waals surface area contributed by atoms with Crippen LogP contribution in [-0.4, -0.2) is 165 Å². The van der Waals surface area contributed by atoms with E-state index in [9.17, 15) is 8.78 Å². The maximum absolute atomic E-state index is 12.7. The van der Waals surface area contributed by atoms with E-state index in [4.69, 9.17) is 0 Å². The molecule has 0 saturated carbocycles. The van der Waals surface area contributed by atoms with E-state index in [0.717, 1.165) is 102 Å². The largest absolute Gasteiger partial charge is 0.262 e. The van der Waals surface area contributed by atoms with Crippen LogP contribution in [0.2, 0.25) is 0 Å². The first-order chi connectivity index (χ1) is 46.7. The van der Waals surface area contributed by atoms with Crippen molar-refractivity contribution in [1.29, 1.82) is 0 Å². The molecule has 0 spiro atoms. The molecular formula is C60H43F2N33. The van der Waals surface area contributed by atoms with Gasteiger partial charge in [-0.15, -0.1) is 30.6 Å². The van der Waals surface area contributed by atoms with Crippen LogP contribution in [0.25, 0.3) is 101 Å². The number of nitrogens with zero attached hydrogens (tertiary/aromatic N) is 33. The zero-order valence-electron chi connectivity index (χ0n) is 49.6. The molecule has 0 unspecified atom stereocenters. The molecule has 95 heavy (non-hydrogen) atoms. The van der Waals surface area contributed by atoms with Gasteiger partial charge in [0.2, 0.25) is 0 Å². The van der Waals surface area contributed by atoms with Crippen molar-refractivity contribution in [3.05, 3.63) is 237 Å². The highest BCUT2D eigenvalue weighted by Gasteiger charge is 2.13. The zero-order chi connectivity index (χ0) is 64.9. The molecule has 18 rings (SSSR count). The van der Waals surface area contributed by atoms with Crippen LogP contribution in [0.4, 0.5) is 8.78 Å². The molecule has 0 atom stereocenters. The van der Waals surface area contributed by atoms with E-state index in [1.165, 1.54) is 15.4 Å². The zero-order valence-corrected chi connectivity index (χ0v) is 49.6. The van der Waals surface area contributed by atoms with E-state index in [1.54, 1.807) is 136 Å². The molecule has 0 amide bonds. The molecule has 33 nitrogen and oxygen atoms in total. The monoisotopic (exact) mass is 1260 g/mol. The Labute approximate surface area is 531 Å². The fourth-order valence-corrected chi connectivity index (χ4v) is 8.73. The van der Waals surface area contributed by atoms with E-state index >= 15 is 0 Å². The van der Waals surface area contributed by atoms with Crippen LogP contribution in [0.1, 0.15) is 17.1 Å². The minimum absolute atomic E-state index is 0.277. The summed E-state index contributed by atoms with van der Waals surface area (Å²) in [4.78, 5) is 60.7. The summed E-state index contributed by atoms with van der Waals surface area (Å²) in [5.41, 5.74) is 13.0. The smallest absolute Gasteiger partial charge is 0.252 e. The topological polar surface area (TPSA) is 378 Å². The lowest BCUT2D eigenvalue weighted by Crippen LogP contribution is -2.03. The van der Waals surface area contributed by atoms with Crippen molar-refractivity contribution in [3.63, 3.8) is 0 Å². The molecule has 18 heterocycles. The molecule has 0 fully saturated rings. The predicted molar refractivity (Wildman–Crippen MR) is 334 cm³/mol. The first kappa shape index (κ1) is 59.8. The molecule has 18 aromatic rings. The lowest BCUT2D eigenvalue weighted by Gasteiger charge is -1.99. The number of aromatic nitrogens is 33. The Bertz CT molecular complexity index is 5420. The van der Waals surface area contributed by atoms with Gasteiger partial charge in [-0.1, -0.05) is 37.3 Å². The van der Waals surface area contributed by atoms with Crippen molar-refractivity contribution >= 4 is 66.2 Å². The predicted octanol–water partition coefficient (Wildman–Crippen LogP) is 6.65. The molecule has 0 saturated heterocycles. The van der Waals surface area contributed by atoms with Gasteiger partial charge in [-0.2, -0.15) is 23.4 Å². The second-order valence-electron chi connectivity index (χ2n) is 19.6. The molecule has 0 radical (unpaired) electrons. The number of hydrogen-bond acceptors (Lipinski definition) is 27. The highest BCUT2D eigenvalue weighted by atomic mass is 19.1. The highest BCUT2D eigenvalue weighted by molar-refractivity contribution is 5.78. The Morgan fingerprint density at radius 1 is 0.274 bits per heavy atom. The van der Waals surface area contributed by atoms with E-state index in [1.807, 2.05) is 87.5 Å². The summed E-state index contributed by atoms with van der Waals surface area (Å²) in [7, 11) is 0. The third kappa shape index (κ3) is 13.7. The lowest BCUT2D eigenvalue weighted by molar-refractivity contribution is 0.608. The van der Waals surface area contributed by atoms with Gasteiger partial charge in [0.1, 0.15) is 55.5 Å². The number of hydrogen-bond donors (Lipinski definition) is 0. The van der Waals surface area contributed by atoms with E-state index in [-0.39, 0.29) is 11.8 Å². The van der Waals surface area contributed by atoms with Gasteiger partial charge < -0.3 is 0 Å². The van der Waals surface area contributed by atoms with Crippen LogP contribution in [0.3, 0.4) is 0 Å². The third-order valence-corrected chi connectivity index (χ3v) is 13.1. The van der Waals surface area contributed by atoms with Gasteiger partial charge in [0.05, 0.1) is 84.2 Å². The van der Waals surface area contributed by atoms with Crippen LogP contribution < -0.4 is 0 Å². The lowest BCUT2D eigenvalue weighted by atomic mass is 10.3. The van der Waals surface area contributed by atoms with Gasteiger partial charge in [-0.05, 0) is 106 Å². The molecule has 462 valence electrons. The van der Waals surface area contributed by atoms with Crippen molar-refractivity contribution in [1.82, 2.24) is 165 Å². The quantitative estimate of drug-likeness (QED) is 0.168. The number of aryl methyl sites for hydroxylation is 3. The molecule has 0 bridgehead atoms. The van der Waals surface area contributed by atoms with E-state index < -0.39 is 5.82 Å². The van der Waals surface area contributed by atoms with Crippen molar-refractivity contribution < 1.29 is 8.78 Å². The summed E-state index contributed by atoms with van der Waals surface area (Å²) in [6.45, 7) is 5.71. The van der Waals surface area contributed by atoms with Gasteiger partial charge in [-0.25, -0.2) is 53.3 Å². The van der Waals surface area contributed by atoms with E-state index in [0.29, 0.717) is 28.7 Å². The molecule has 0 aliphatic heterocycles. The SMILES string of the molecule is Cc1cc2c(cn1)nnn2-c1ccccn1.Cc1cc2c(cn1)nnn2-c1ncc(F)cn1.Cc1ccnc(-n2nnc3cnccc32)n1.Fc1ccc(-n2nnc3cnccc32)nc1.c1cnc(-n2nnc3cnccc32)nc1.c1cncc(-n2nnc3cnccc32)c1. The molecule has 18 aromatic heterocycles. The van der Waals surface area contributed by atoms with Gasteiger partial charge in [0, 0.05) is 72.9 Å². The number of halogens is 2. The van der Waals surface area contributed by atoms with Crippen LogP contribution in [0.5, 0.6) is 0 Å². The van der Waals surface area contributed by atoms with Gasteiger partial charge >= 0.3 is 0 Å². The number of fused-ring (bicyclic) bond motifs is 6. The van der Waals surface area contributed by atoms with Crippen molar-refractivity contribution in [2.75, 3.05) is 0 Å². The summed E-state index contributed by atoms with van der Waals surface area (Å²) in [5, 5.41) is 47.8. The maximum atomic E-state index is 12.7. The van der Waals surface area contributed by atoms with Crippen molar-refractivity contribution in [2.24, 2.45) is 0 Å². The number of pyridine rings is 9. The second-order valence-corrected chi connectivity index (χ2v) is 19.6. The fraction of sp³-hybridized carbons (Fsp3) is 0.0500. The van der Waals surface area contributed by atoms with Crippen molar-refractivity contribution in [3.8, 4) is 35.2 Å². The summed E-state index contributed by atoms with van der Waals surface area (Å²) in [5.74, 6) is 1.72. The minimum atomic E-state index is -0.490. The Kier molecular flexibility index (Phi) is 17.4. The second kappa shape index (κ2) is 27.7. The average molecular weight is 1260 g/mol. The van der Waals surface area contributed by atoms with Gasteiger partial charge in [0.15, 0.2) is 17.5 Å². The van der Waals surface area contributed by atoms with Gasteiger partial charge in [0.25, 0.3) is 17.8 Å². The summed E-state index contributed by atoms with van der Waals surface area (Å²) < 4.78 is 35.1. The summed E-state index contributed by atoms with van der Waals surface area (Å²) >= 11 is 0. The van der Waals surface area contributed by atoms with Crippen LogP contribution >= 0.6 is 0 Å². The number of rotatable bonds is 6. The van der Waals surface area contributed by atoms with Crippen molar-refractivity contribution in [2.45, 2.75) is 20.8 Å². The molecular weight excluding hydrogens is 1220 g/mol. The first-order valence-electron chi connectivity index (χ1n) is 28.1. The van der Waals surface area contributed by atoms with Gasteiger partial charge in [-0.3, -0.25) is 34.9 Å². The fourth-order valence-electron chi connectivity index (χ4n) is 8.73. The average Bonchev–Trinajstić information content (AvgIpc) is 2.00. The maximum Gasteiger partial charge on any atom is 0.252 e. The molecule has 35 heteroatoms. The standard InChI is InChI=1S/C11H9N5.C10H7FN6.C10H6FN5.C10H8N6.C10H7N5.C9H6N6/c1-8-6-10-9(7-13-8)14-15-16(10)11-4-2-3-5-12-11;1-6-2-9-8(5-12-6)15-16-17(9)10-13-3-7(11)4-14-10;11-7-1-2-10(13-5-7)16-9-3-4-12-6-8(9)14-15-16;1-7-2-5-12-10(13-7)16-9-3-4-11-6-8(9)14-15-16;1-2-8(6-11-4-1)15-10-3-5-12-7-9(10)13-14-15;1-3-11-9(12-4-1)15-8-2-5-10-6-7(8)13-14-15/h2-7H,1H3;2-5H,1H3;1-6H;2-6H,1H3;1-7H;1-6H.